The van der Waals surface area contributed by atoms with Gasteiger partial charge in [-0.2, -0.15) is 13.2 Å². The number of methoxy groups -OCH3 is 1. The number of hydrogen-bond acceptors (Lipinski definition) is 3. The van der Waals surface area contributed by atoms with E-state index in [2.05, 4.69) is 10.3 Å². The molecular weight excluding hydrogens is 371 g/mol. The summed E-state index contributed by atoms with van der Waals surface area (Å²) in [5, 5.41) is 3.26. The number of nitrogens with zero attached hydrogens (tertiary/aromatic N) is 1. The summed E-state index contributed by atoms with van der Waals surface area (Å²) in [6, 6.07) is 9.66. The van der Waals surface area contributed by atoms with Gasteiger partial charge in [0, 0.05) is 5.69 Å². The quantitative estimate of drug-likeness (QED) is 0.443. The molecule has 0 aliphatic carbocycles. The summed E-state index contributed by atoms with van der Waals surface area (Å²) in [5.74, 6) is 0.768. The highest BCUT2D eigenvalue weighted by Crippen LogP contribution is 2.31. The van der Waals surface area contributed by atoms with Crippen molar-refractivity contribution in [3.05, 3.63) is 53.1 Å². The van der Waals surface area contributed by atoms with E-state index in [1.54, 1.807) is 18.2 Å². The molecule has 26 heavy (non-hydrogen) atoms. The van der Waals surface area contributed by atoms with Crippen molar-refractivity contribution in [2.45, 2.75) is 6.18 Å². The van der Waals surface area contributed by atoms with Crippen LogP contribution in [0.15, 0.2) is 47.5 Å². The normalized spacial score (nSPS) is 12.0. The number of guanidine groups is 1. The molecule has 0 amide bonds. The van der Waals surface area contributed by atoms with Gasteiger partial charge in [-0.05, 0) is 36.4 Å². The van der Waals surface area contributed by atoms with Gasteiger partial charge in [-0.15, -0.1) is 0 Å². The van der Waals surface area contributed by atoms with Crippen LogP contribution in [0.2, 0.25) is 5.02 Å². The summed E-state index contributed by atoms with van der Waals surface area (Å²) in [6.07, 6.45) is -4.41. The molecule has 5 nitrogen and oxygen atoms in total. The van der Waals surface area contributed by atoms with Crippen LogP contribution < -0.4 is 20.5 Å². The van der Waals surface area contributed by atoms with Crippen LogP contribution in [0.1, 0.15) is 5.56 Å². The summed E-state index contributed by atoms with van der Waals surface area (Å²) in [5.41, 5.74) is 5.60. The number of nitrogens with two attached hydrogens (primary N) is 1. The van der Waals surface area contributed by atoms with Crippen LogP contribution in [-0.2, 0) is 6.18 Å². The number of nitrogens with one attached hydrogen (secondary N) is 1. The number of alkyl halides is 3. The summed E-state index contributed by atoms with van der Waals surface area (Å²) in [7, 11) is 1.51. The van der Waals surface area contributed by atoms with E-state index >= 15 is 0 Å². The minimum Gasteiger partial charge on any atom is -0.495 e. The SMILES string of the molecule is COc1ccc(NC(N)=NCCOc2cccc(C(F)(F)F)c2)cc1Cl. The van der Waals surface area contributed by atoms with E-state index in [4.69, 9.17) is 26.8 Å². The van der Waals surface area contributed by atoms with E-state index in [0.717, 1.165) is 12.1 Å². The summed E-state index contributed by atoms with van der Waals surface area (Å²) in [6.45, 7) is 0.242. The van der Waals surface area contributed by atoms with Crippen LogP contribution in [0.5, 0.6) is 11.5 Å². The first-order chi connectivity index (χ1) is 12.3. The van der Waals surface area contributed by atoms with Gasteiger partial charge in [-0.25, -0.2) is 4.99 Å². The summed E-state index contributed by atoms with van der Waals surface area (Å²) < 4.78 is 48.2. The zero-order valence-electron chi connectivity index (χ0n) is 13.8. The fourth-order valence-corrected chi connectivity index (χ4v) is 2.28. The maximum absolute atomic E-state index is 12.6. The van der Waals surface area contributed by atoms with Crippen LogP contribution in [0.3, 0.4) is 0 Å². The fourth-order valence-electron chi connectivity index (χ4n) is 2.02. The zero-order valence-corrected chi connectivity index (χ0v) is 14.6. The Morgan fingerprint density at radius 2 is 2.00 bits per heavy atom. The number of anilines is 1. The molecule has 0 aliphatic rings. The predicted octanol–water partition coefficient (Wildman–Crippen LogP) is 4.17. The Morgan fingerprint density at radius 1 is 1.23 bits per heavy atom. The van der Waals surface area contributed by atoms with Crippen molar-refractivity contribution in [3.63, 3.8) is 0 Å². The van der Waals surface area contributed by atoms with Crippen LogP contribution in [0, 0.1) is 0 Å². The number of benzene rings is 2. The Labute approximate surface area is 153 Å². The van der Waals surface area contributed by atoms with Gasteiger partial charge in [-0.1, -0.05) is 17.7 Å². The second kappa shape index (κ2) is 8.66. The first-order valence-corrected chi connectivity index (χ1v) is 7.88. The first kappa shape index (κ1) is 19.7. The van der Waals surface area contributed by atoms with Crippen molar-refractivity contribution >= 4 is 23.2 Å². The van der Waals surface area contributed by atoms with Gasteiger partial charge in [0.1, 0.15) is 18.1 Å². The molecule has 0 bridgehead atoms. The van der Waals surface area contributed by atoms with E-state index in [9.17, 15) is 13.2 Å². The largest absolute Gasteiger partial charge is 0.495 e. The van der Waals surface area contributed by atoms with Crippen molar-refractivity contribution in [1.29, 1.82) is 0 Å². The van der Waals surface area contributed by atoms with Crippen molar-refractivity contribution < 1.29 is 22.6 Å². The molecule has 0 atom stereocenters. The van der Waals surface area contributed by atoms with Gasteiger partial charge < -0.3 is 20.5 Å². The lowest BCUT2D eigenvalue weighted by molar-refractivity contribution is -0.137. The maximum atomic E-state index is 12.6. The number of aliphatic imine (C=N–C) groups is 1. The molecule has 2 aromatic rings. The Hall–Kier alpha value is -2.61. The minimum absolute atomic E-state index is 0.0764. The molecule has 2 aromatic carbocycles. The van der Waals surface area contributed by atoms with Gasteiger partial charge >= 0.3 is 6.18 Å². The molecule has 0 aliphatic heterocycles. The van der Waals surface area contributed by atoms with Crippen LogP contribution in [0.25, 0.3) is 0 Å². The highest BCUT2D eigenvalue weighted by Gasteiger charge is 2.30. The minimum atomic E-state index is -4.41. The van der Waals surface area contributed by atoms with Crippen molar-refractivity contribution in [2.24, 2.45) is 10.7 Å². The van der Waals surface area contributed by atoms with E-state index in [1.165, 1.54) is 19.2 Å². The molecule has 0 heterocycles. The second-order valence-electron chi connectivity index (χ2n) is 5.12. The van der Waals surface area contributed by atoms with Gasteiger partial charge in [0.15, 0.2) is 5.96 Å². The topological polar surface area (TPSA) is 68.9 Å². The lowest BCUT2D eigenvalue weighted by atomic mass is 10.2. The number of halogens is 4. The standard InChI is InChI=1S/C17H17ClF3N3O2/c1-25-15-6-5-12(10-14(15)18)24-16(22)23-7-8-26-13-4-2-3-11(9-13)17(19,20)21/h2-6,9-10H,7-8H2,1H3,(H3,22,23,24). The lowest BCUT2D eigenvalue weighted by Crippen LogP contribution is -2.23. The Balaban J connectivity index is 1.85. The second-order valence-corrected chi connectivity index (χ2v) is 5.52. The van der Waals surface area contributed by atoms with E-state index in [-0.39, 0.29) is 24.9 Å². The Kier molecular flexibility index (Phi) is 6.57. The molecule has 0 saturated carbocycles. The molecule has 3 N–H and O–H groups in total. The summed E-state index contributed by atoms with van der Waals surface area (Å²) >= 11 is 6.01. The molecule has 0 radical (unpaired) electrons. The molecule has 0 spiro atoms. The number of rotatable bonds is 6. The highest BCUT2D eigenvalue weighted by molar-refractivity contribution is 6.32. The monoisotopic (exact) mass is 387 g/mol. The Bertz CT molecular complexity index is 782. The zero-order chi connectivity index (χ0) is 19.2. The average molecular weight is 388 g/mol. The maximum Gasteiger partial charge on any atom is 0.416 e. The molecular formula is C17H17ClF3N3O2. The van der Waals surface area contributed by atoms with Gasteiger partial charge in [-0.3, -0.25) is 0 Å². The number of hydrogen-bond donors (Lipinski definition) is 2. The Morgan fingerprint density at radius 3 is 2.65 bits per heavy atom. The van der Waals surface area contributed by atoms with E-state index < -0.39 is 11.7 Å². The van der Waals surface area contributed by atoms with Gasteiger partial charge in [0.05, 0.1) is 24.2 Å². The third kappa shape index (κ3) is 5.73. The fraction of sp³-hybridized carbons (Fsp3) is 0.235. The molecule has 0 unspecified atom stereocenters. The molecule has 9 heteroatoms. The van der Waals surface area contributed by atoms with Crippen LogP contribution in [0.4, 0.5) is 18.9 Å². The molecule has 140 valence electrons. The van der Waals surface area contributed by atoms with E-state index in [1.807, 2.05) is 0 Å². The predicted molar refractivity (Wildman–Crippen MR) is 95.1 cm³/mol. The summed E-state index contributed by atoms with van der Waals surface area (Å²) in [4.78, 5) is 4.04. The third-order valence-corrected chi connectivity index (χ3v) is 3.52. The highest BCUT2D eigenvalue weighted by atomic mass is 35.5. The lowest BCUT2D eigenvalue weighted by Gasteiger charge is -2.10. The van der Waals surface area contributed by atoms with Crippen molar-refractivity contribution in [1.82, 2.24) is 0 Å². The van der Waals surface area contributed by atoms with Crippen molar-refractivity contribution in [3.8, 4) is 11.5 Å². The van der Waals surface area contributed by atoms with Gasteiger partial charge in [0.25, 0.3) is 0 Å². The smallest absolute Gasteiger partial charge is 0.416 e. The van der Waals surface area contributed by atoms with Crippen molar-refractivity contribution in [2.75, 3.05) is 25.6 Å². The van der Waals surface area contributed by atoms with E-state index in [0.29, 0.717) is 16.5 Å². The molecule has 0 aromatic heterocycles. The average Bonchev–Trinajstić information content (AvgIpc) is 2.58. The molecule has 0 fully saturated rings. The van der Waals surface area contributed by atoms with Crippen LogP contribution in [-0.4, -0.2) is 26.2 Å². The third-order valence-electron chi connectivity index (χ3n) is 3.23. The molecule has 2 rings (SSSR count). The number of ether oxygens (including phenoxy) is 2. The van der Waals surface area contributed by atoms with Gasteiger partial charge in [0.2, 0.25) is 0 Å². The first-order valence-electron chi connectivity index (χ1n) is 7.50. The van der Waals surface area contributed by atoms with Crippen LogP contribution >= 0.6 is 11.6 Å². The molecule has 0 saturated heterocycles.